The highest BCUT2D eigenvalue weighted by atomic mass is 14.9. The number of fused-ring (bicyclic) bond motifs is 1. The van der Waals surface area contributed by atoms with Gasteiger partial charge in [0.05, 0.1) is 17.1 Å². The third-order valence-electron chi connectivity index (χ3n) is 9.67. The van der Waals surface area contributed by atoms with Gasteiger partial charge in [0.1, 0.15) is 0 Å². The van der Waals surface area contributed by atoms with Crippen molar-refractivity contribution in [3.8, 4) is 45.2 Å². The Morgan fingerprint density at radius 3 is 1.54 bits per heavy atom. The molecule has 0 aliphatic heterocycles. The number of pyridine rings is 1. The summed E-state index contributed by atoms with van der Waals surface area (Å²) in [7, 11) is 0. The van der Waals surface area contributed by atoms with Gasteiger partial charge in [-0.1, -0.05) is 114 Å². The van der Waals surface area contributed by atoms with Crippen LogP contribution in [-0.2, 0) is 10.8 Å². The minimum Gasteiger partial charge on any atom is -0.255 e. The quantitative estimate of drug-likeness (QED) is 0.242. The van der Waals surface area contributed by atoms with Crippen molar-refractivity contribution in [3.05, 3.63) is 114 Å². The van der Waals surface area contributed by atoms with Gasteiger partial charge in [-0.25, -0.2) is 9.97 Å². The molecule has 194 valence electrons. The molecule has 1 aliphatic carbocycles. The van der Waals surface area contributed by atoms with Gasteiger partial charge in [0.25, 0.3) is 0 Å². The van der Waals surface area contributed by atoms with Gasteiger partial charge in [-0.15, -0.1) is 0 Å². The smallest absolute Gasteiger partial charge is 0.161 e. The fourth-order valence-electron chi connectivity index (χ4n) is 6.01. The number of aromatic nitrogens is 3. The van der Waals surface area contributed by atoms with Crippen LogP contribution in [0.1, 0.15) is 52.7 Å². The van der Waals surface area contributed by atoms with Gasteiger partial charge in [-0.05, 0) is 51.6 Å². The van der Waals surface area contributed by atoms with Crippen LogP contribution in [0.3, 0.4) is 0 Å². The van der Waals surface area contributed by atoms with E-state index in [2.05, 4.69) is 102 Å². The molecular formula is C36H35N3. The van der Waals surface area contributed by atoms with Crippen LogP contribution in [0.2, 0.25) is 0 Å². The van der Waals surface area contributed by atoms with Gasteiger partial charge in [0.2, 0.25) is 0 Å². The Morgan fingerprint density at radius 1 is 0.462 bits per heavy atom. The zero-order chi connectivity index (χ0) is 27.4. The van der Waals surface area contributed by atoms with E-state index in [1.807, 2.05) is 42.6 Å². The second-order valence-corrected chi connectivity index (χ2v) is 12.3. The van der Waals surface area contributed by atoms with E-state index in [1.54, 1.807) is 0 Å². The molecule has 0 radical (unpaired) electrons. The second kappa shape index (κ2) is 8.98. The van der Waals surface area contributed by atoms with Crippen molar-refractivity contribution in [2.75, 3.05) is 0 Å². The zero-order valence-corrected chi connectivity index (χ0v) is 23.7. The van der Waals surface area contributed by atoms with Gasteiger partial charge in [-0.2, -0.15) is 0 Å². The number of hydrogen-bond donors (Lipinski definition) is 0. The molecular weight excluding hydrogens is 474 g/mol. The molecule has 3 nitrogen and oxygen atoms in total. The first-order valence-corrected chi connectivity index (χ1v) is 13.7. The lowest BCUT2D eigenvalue weighted by Gasteiger charge is -2.44. The SMILES string of the molecule is CC1(C)c2ccc(-c3ccc(-c4nc(-c5ccccc5)cc(-c5ccccc5)n4)cn3)cc2C(C)(C)C1(C)C. The van der Waals surface area contributed by atoms with Crippen molar-refractivity contribution in [1.82, 2.24) is 15.0 Å². The minimum absolute atomic E-state index is 0.0569. The number of benzene rings is 3. The lowest BCUT2D eigenvalue weighted by molar-refractivity contribution is 0.125. The van der Waals surface area contributed by atoms with Gasteiger partial charge >= 0.3 is 0 Å². The molecule has 0 saturated carbocycles. The molecule has 2 heterocycles. The van der Waals surface area contributed by atoms with Crippen molar-refractivity contribution >= 4 is 0 Å². The molecule has 2 aromatic heterocycles. The summed E-state index contributed by atoms with van der Waals surface area (Å²) in [6, 6.07) is 33.7. The second-order valence-electron chi connectivity index (χ2n) is 12.3. The largest absolute Gasteiger partial charge is 0.255 e. The minimum atomic E-state index is 0.0569. The average Bonchev–Trinajstić information content (AvgIpc) is 3.07. The molecule has 3 aromatic carbocycles. The lowest BCUT2D eigenvalue weighted by atomic mass is 9.59. The number of hydrogen-bond acceptors (Lipinski definition) is 3. The summed E-state index contributed by atoms with van der Waals surface area (Å²) in [6.45, 7) is 14.3. The van der Waals surface area contributed by atoms with Crippen molar-refractivity contribution in [2.45, 2.75) is 52.4 Å². The lowest BCUT2D eigenvalue weighted by Crippen LogP contribution is -2.42. The molecule has 0 fully saturated rings. The first kappa shape index (κ1) is 25.2. The normalized spacial score (nSPS) is 16.6. The van der Waals surface area contributed by atoms with E-state index >= 15 is 0 Å². The summed E-state index contributed by atoms with van der Waals surface area (Å²) in [5, 5.41) is 0. The summed E-state index contributed by atoms with van der Waals surface area (Å²) in [6.07, 6.45) is 1.90. The van der Waals surface area contributed by atoms with Crippen LogP contribution in [-0.4, -0.2) is 15.0 Å². The van der Waals surface area contributed by atoms with Crippen molar-refractivity contribution in [2.24, 2.45) is 5.41 Å². The Bertz CT molecular complexity index is 1590. The van der Waals surface area contributed by atoms with Crippen molar-refractivity contribution in [3.63, 3.8) is 0 Å². The van der Waals surface area contributed by atoms with Crippen molar-refractivity contribution in [1.29, 1.82) is 0 Å². The Morgan fingerprint density at radius 2 is 1.00 bits per heavy atom. The van der Waals surface area contributed by atoms with Crippen LogP contribution < -0.4 is 0 Å². The summed E-state index contributed by atoms with van der Waals surface area (Å²) in [4.78, 5) is 14.8. The van der Waals surface area contributed by atoms with E-state index in [0.717, 1.165) is 39.3 Å². The molecule has 5 aromatic rings. The van der Waals surface area contributed by atoms with Gasteiger partial charge in [-0.3, -0.25) is 4.98 Å². The molecule has 6 rings (SSSR count). The zero-order valence-electron chi connectivity index (χ0n) is 23.7. The maximum atomic E-state index is 4.95. The van der Waals surface area contributed by atoms with Gasteiger partial charge < -0.3 is 0 Å². The van der Waals surface area contributed by atoms with E-state index in [4.69, 9.17) is 15.0 Å². The van der Waals surface area contributed by atoms with Crippen LogP contribution >= 0.6 is 0 Å². The Hall–Kier alpha value is -4.11. The topological polar surface area (TPSA) is 38.7 Å². The fourth-order valence-corrected chi connectivity index (χ4v) is 6.01. The van der Waals surface area contributed by atoms with E-state index in [9.17, 15) is 0 Å². The fraction of sp³-hybridized carbons (Fsp3) is 0.250. The van der Waals surface area contributed by atoms with Crippen molar-refractivity contribution < 1.29 is 0 Å². The van der Waals surface area contributed by atoms with Crippen LogP contribution in [0.4, 0.5) is 0 Å². The first-order chi connectivity index (χ1) is 18.6. The van der Waals surface area contributed by atoms with Crippen LogP contribution in [0.25, 0.3) is 45.2 Å². The molecule has 0 unspecified atom stereocenters. The average molecular weight is 510 g/mol. The summed E-state index contributed by atoms with van der Waals surface area (Å²) >= 11 is 0. The Labute approximate surface area is 232 Å². The molecule has 0 atom stereocenters. The highest BCUT2D eigenvalue weighted by Crippen LogP contribution is 2.61. The Kier molecular flexibility index (Phi) is 5.80. The monoisotopic (exact) mass is 509 g/mol. The van der Waals surface area contributed by atoms with Gasteiger partial charge in [0.15, 0.2) is 5.82 Å². The summed E-state index contributed by atoms with van der Waals surface area (Å²) < 4.78 is 0. The highest BCUT2D eigenvalue weighted by Gasteiger charge is 2.56. The molecule has 3 heteroatoms. The number of nitrogens with zero attached hydrogens (tertiary/aromatic N) is 3. The first-order valence-electron chi connectivity index (χ1n) is 13.7. The maximum Gasteiger partial charge on any atom is 0.161 e. The third kappa shape index (κ3) is 3.99. The molecule has 0 N–H and O–H groups in total. The van der Waals surface area contributed by atoms with E-state index in [0.29, 0.717) is 5.82 Å². The standard InChI is InChI=1S/C36H35N3/c1-34(2)28-19-17-26(21-29(28)35(3,4)36(34,5)6)30-20-18-27(23-37-30)33-38-31(24-13-9-7-10-14-24)22-32(39-33)25-15-11-8-12-16-25/h7-23H,1-6H3. The molecule has 0 bridgehead atoms. The predicted molar refractivity (Wildman–Crippen MR) is 161 cm³/mol. The van der Waals surface area contributed by atoms with Crippen LogP contribution in [0.15, 0.2) is 103 Å². The van der Waals surface area contributed by atoms with E-state index < -0.39 is 0 Å². The van der Waals surface area contributed by atoms with Crippen LogP contribution in [0, 0.1) is 5.41 Å². The van der Waals surface area contributed by atoms with E-state index in [-0.39, 0.29) is 16.2 Å². The molecule has 1 aliphatic rings. The maximum absolute atomic E-state index is 4.95. The summed E-state index contributed by atoms with van der Waals surface area (Å²) in [5.74, 6) is 0.674. The highest BCUT2D eigenvalue weighted by molar-refractivity contribution is 5.72. The van der Waals surface area contributed by atoms with Gasteiger partial charge in [0, 0.05) is 28.5 Å². The number of rotatable bonds is 4. The predicted octanol–water partition coefficient (Wildman–Crippen LogP) is 9.13. The molecule has 0 saturated heterocycles. The molecule has 0 amide bonds. The molecule has 0 spiro atoms. The molecule has 39 heavy (non-hydrogen) atoms. The van der Waals surface area contributed by atoms with E-state index in [1.165, 1.54) is 11.1 Å². The van der Waals surface area contributed by atoms with Crippen LogP contribution in [0.5, 0.6) is 0 Å². The third-order valence-corrected chi connectivity index (χ3v) is 9.67. The summed E-state index contributed by atoms with van der Waals surface area (Å²) in [5.41, 5.74) is 10.1. The Balaban J connectivity index is 1.40.